The third-order valence-corrected chi connectivity index (χ3v) is 10.8. The molecule has 5 rings (SSSR count). The van der Waals surface area contributed by atoms with Gasteiger partial charge in [-0.3, -0.25) is 9.59 Å². The third-order valence-electron chi connectivity index (χ3n) is 10.8. The molecule has 2 spiro atoms. The molecule has 5 fully saturated rings. The maximum absolute atomic E-state index is 12.8. The molecule has 1 amide bonds. The Labute approximate surface area is 256 Å². The fraction of sp³-hybridized carbons (Fsp3) is 0.743. The number of allylic oxidation sites excluding steroid dienone is 4. The zero-order valence-electron chi connectivity index (χ0n) is 26.6. The molecule has 2 aliphatic carbocycles. The standard InChI is InChI=1S/C35H51NO7/c1-22(7-11-31-32(39)35(21-41-35)20-34(43-31)13-14-34)6-9-27-16-24(3)29(17-23(27)2)18-30(38)10-8-25(4)42-33(40)36-15-12-28(19-36)26(5)37/h6-8,10-11,23-25,27-29,31-32,39H,9,12-21H2,1-5H3/b10-8-,11-7+,22-6+/t23-,24-,25-,27+,28?,29-,31?,32+,35+/m0/s1. The summed E-state index contributed by atoms with van der Waals surface area (Å²) in [6.07, 6.45) is 15.0. The van der Waals surface area contributed by atoms with Crippen molar-refractivity contribution in [1.82, 2.24) is 4.90 Å². The Morgan fingerprint density at radius 2 is 1.79 bits per heavy atom. The van der Waals surface area contributed by atoms with Crippen LogP contribution in [0.2, 0.25) is 0 Å². The number of epoxide rings is 1. The maximum Gasteiger partial charge on any atom is 0.410 e. The number of nitrogens with zero attached hydrogens (tertiary/aromatic N) is 1. The largest absolute Gasteiger partial charge is 0.442 e. The number of aliphatic hydroxyl groups is 1. The van der Waals surface area contributed by atoms with E-state index >= 15 is 0 Å². The molecule has 0 aromatic heterocycles. The van der Waals surface area contributed by atoms with Gasteiger partial charge in [-0.05, 0) is 95.1 Å². The summed E-state index contributed by atoms with van der Waals surface area (Å²) in [6.45, 7) is 11.6. The molecule has 0 radical (unpaired) electrons. The first kappa shape index (κ1) is 32.1. The van der Waals surface area contributed by atoms with E-state index in [4.69, 9.17) is 14.2 Å². The molecular formula is C35H51NO7. The lowest BCUT2D eigenvalue weighted by Gasteiger charge is -2.38. The highest BCUT2D eigenvalue weighted by molar-refractivity contribution is 5.90. The van der Waals surface area contributed by atoms with Crippen LogP contribution >= 0.6 is 0 Å². The van der Waals surface area contributed by atoms with Gasteiger partial charge in [-0.2, -0.15) is 0 Å². The van der Waals surface area contributed by atoms with Crippen molar-refractivity contribution in [3.05, 3.63) is 36.0 Å². The highest BCUT2D eigenvalue weighted by Gasteiger charge is 2.66. The molecule has 0 aromatic rings. The van der Waals surface area contributed by atoms with E-state index in [9.17, 15) is 19.5 Å². The highest BCUT2D eigenvalue weighted by Crippen LogP contribution is 2.56. The third kappa shape index (κ3) is 7.87. The monoisotopic (exact) mass is 597 g/mol. The van der Waals surface area contributed by atoms with Crippen LogP contribution in [0, 0.1) is 29.6 Å². The number of carbonyl (C=O) groups excluding carboxylic acids is 3. The van der Waals surface area contributed by atoms with Gasteiger partial charge in [0.2, 0.25) is 0 Å². The number of hydrogen-bond acceptors (Lipinski definition) is 7. The van der Waals surface area contributed by atoms with Gasteiger partial charge in [-0.25, -0.2) is 4.79 Å². The fourth-order valence-corrected chi connectivity index (χ4v) is 7.46. The quantitative estimate of drug-likeness (QED) is 0.199. The fourth-order valence-electron chi connectivity index (χ4n) is 7.46. The van der Waals surface area contributed by atoms with Crippen molar-refractivity contribution in [3.8, 4) is 0 Å². The number of hydrogen-bond donors (Lipinski definition) is 1. The molecule has 0 aromatic carbocycles. The first-order valence-corrected chi connectivity index (χ1v) is 16.4. The number of rotatable bonds is 10. The van der Waals surface area contributed by atoms with E-state index in [0.29, 0.717) is 56.2 Å². The van der Waals surface area contributed by atoms with Crippen molar-refractivity contribution in [3.63, 3.8) is 0 Å². The average molecular weight is 598 g/mol. The van der Waals surface area contributed by atoms with Crippen LogP contribution in [0.25, 0.3) is 0 Å². The van der Waals surface area contributed by atoms with E-state index in [1.165, 1.54) is 5.57 Å². The van der Waals surface area contributed by atoms with E-state index in [0.717, 1.165) is 38.5 Å². The molecule has 43 heavy (non-hydrogen) atoms. The molecule has 2 saturated carbocycles. The SMILES string of the molecule is CC(=O)C1CCN(C(=O)O[C@@H](C)/C=C\C(=O)C[C@@H]2C[C@H](C)[C@H](C/C=C(C)/C=C/C3OC4(CC4)C[C@@]4(CO4)[C@@H]3O)C[C@@H]2C)C1. The maximum atomic E-state index is 12.8. The van der Waals surface area contributed by atoms with Crippen LogP contribution in [0.15, 0.2) is 36.0 Å². The van der Waals surface area contributed by atoms with Crippen LogP contribution in [0.5, 0.6) is 0 Å². The Hall–Kier alpha value is -2.29. The van der Waals surface area contributed by atoms with Crippen LogP contribution in [0.1, 0.15) is 86.0 Å². The van der Waals surface area contributed by atoms with Gasteiger partial charge in [0.25, 0.3) is 0 Å². The Morgan fingerprint density at radius 3 is 2.44 bits per heavy atom. The number of amides is 1. The van der Waals surface area contributed by atoms with E-state index in [1.54, 1.807) is 30.9 Å². The summed E-state index contributed by atoms with van der Waals surface area (Å²) in [4.78, 5) is 38.4. The van der Waals surface area contributed by atoms with Gasteiger partial charge in [-0.1, -0.05) is 37.6 Å². The second kappa shape index (κ2) is 13.0. The Morgan fingerprint density at radius 1 is 1.09 bits per heavy atom. The number of aliphatic hydroxyl groups excluding tert-OH is 1. The smallest absolute Gasteiger partial charge is 0.410 e. The Balaban J connectivity index is 1.04. The molecule has 1 N–H and O–H groups in total. The summed E-state index contributed by atoms with van der Waals surface area (Å²) in [5.41, 5.74) is 0.714. The van der Waals surface area contributed by atoms with Crippen LogP contribution in [-0.2, 0) is 23.8 Å². The first-order valence-electron chi connectivity index (χ1n) is 16.4. The molecule has 0 bridgehead atoms. The molecule has 3 saturated heterocycles. The molecule has 238 valence electrons. The highest BCUT2D eigenvalue weighted by atomic mass is 16.6. The van der Waals surface area contributed by atoms with Crippen LogP contribution in [0.3, 0.4) is 0 Å². The van der Waals surface area contributed by atoms with Crippen LogP contribution in [-0.4, -0.2) is 76.9 Å². The average Bonchev–Trinajstić information content (AvgIpc) is 3.85. The molecule has 3 heterocycles. The predicted molar refractivity (Wildman–Crippen MR) is 163 cm³/mol. The number of Topliss-reactive ketones (excluding diaryl/α,β-unsaturated/α-hetero) is 1. The minimum Gasteiger partial charge on any atom is -0.442 e. The van der Waals surface area contributed by atoms with Gasteiger partial charge in [0.05, 0.1) is 12.2 Å². The topological polar surface area (TPSA) is 106 Å². The van der Waals surface area contributed by atoms with Gasteiger partial charge >= 0.3 is 6.09 Å². The van der Waals surface area contributed by atoms with E-state index < -0.39 is 18.3 Å². The lowest BCUT2D eigenvalue weighted by Crippen LogP contribution is -2.50. The molecule has 8 nitrogen and oxygen atoms in total. The number of likely N-dealkylation sites (tertiary alicyclic amines) is 1. The zero-order chi connectivity index (χ0) is 30.9. The van der Waals surface area contributed by atoms with Crippen molar-refractivity contribution in [2.45, 2.75) is 115 Å². The van der Waals surface area contributed by atoms with E-state index in [2.05, 4.69) is 32.9 Å². The number of carbonyl (C=O) groups is 3. The van der Waals surface area contributed by atoms with Gasteiger partial charge in [0.1, 0.15) is 29.7 Å². The zero-order valence-corrected chi connectivity index (χ0v) is 26.6. The van der Waals surface area contributed by atoms with Crippen molar-refractivity contribution in [2.24, 2.45) is 29.6 Å². The van der Waals surface area contributed by atoms with Gasteiger partial charge < -0.3 is 24.2 Å². The van der Waals surface area contributed by atoms with Crippen molar-refractivity contribution in [2.75, 3.05) is 19.7 Å². The molecular weight excluding hydrogens is 546 g/mol. The van der Waals surface area contributed by atoms with Crippen molar-refractivity contribution < 1.29 is 33.7 Å². The number of ketones is 2. The summed E-state index contributed by atoms with van der Waals surface area (Å²) in [5.74, 6) is 1.97. The van der Waals surface area contributed by atoms with Gasteiger partial charge in [0, 0.05) is 31.8 Å². The normalized spacial score (nSPS) is 37.8. The lowest BCUT2D eigenvalue weighted by atomic mass is 9.67. The molecule has 2 unspecified atom stereocenters. The van der Waals surface area contributed by atoms with Crippen molar-refractivity contribution in [1.29, 1.82) is 0 Å². The minimum absolute atomic E-state index is 0.0718. The van der Waals surface area contributed by atoms with Gasteiger partial charge in [0.15, 0.2) is 5.78 Å². The summed E-state index contributed by atoms with van der Waals surface area (Å²) in [5, 5.41) is 10.8. The predicted octanol–water partition coefficient (Wildman–Crippen LogP) is 5.58. The van der Waals surface area contributed by atoms with Crippen LogP contribution in [0.4, 0.5) is 4.79 Å². The molecule has 3 aliphatic heterocycles. The number of ether oxygens (including phenoxy) is 3. The summed E-state index contributed by atoms with van der Waals surface area (Å²) in [7, 11) is 0. The van der Waals surface area contributed by atoms with E-state index in [-0.39, 0.29) is 34.8 Å². The molecule has 8 heteroatoms. The van der Waals surface area contributed by atoms with E-state index in [1.807, 2.05) is 6.08 Å². The second-order valence-electron chi connectivity index (χ2n) is 14.4. The summed E-state index contributed by atoms with van der Waals surface area (Å²) >= 11 is 0. The molecule has 9 atom stereocenters. The van der Waals surface area contributed by atoms with Crippen molar-refractivity contribution >= 4 is 17.7 Å². The lowest BCUT2D eigenvalue weighted by molar-refractivity contribution is -0.144. The Bertz CT molecular complexity index is 1150. The molecule has 5 aliphatic rings. The summed E-state index contributed by atoms with van der Waals surface area (Å²) < 4.78 is 17.4. The Kier molecular flexibility index (Phi) is 9.69. The second-order valence-corrected chi connectivity index (χ2v) is 14.4. The minimum atomic E-state index is -0.605. The summed E-state index contributed by atoms with van der Waals surface area (Å²) in [6, 6.07) is 0. The van der Waals surface area contributed by atoms with Crippen LogP contribution < -0.4 is 0 Å². The van der Waals surface area contributed by atoms with Gasteiger partial charge in [-0.15, -0.1) is 0 Å². The first-order chi connectivity index (χ1) is 20.4.